The van der Waals surface area contributed by atoms with Gasteiger partial charge in [0, 0.05) is 34.4 Å². The average Bonchev–Trinajstić information content (AvgIpc) is 3.59. The summed E-state index contributed by atoms with van der Waals surface area (Å²) in [6.07, 6.45) is 0.731. The van der Waals surface area contributed by atoms with Crippen LogP contribution in [0.15, 0.2) is 70.8 Å². The van der Waals surface area contributed by atoms with Crippen LogP contribution < -0.4 is 10.3 Å². The van der Waals surface area contributed by atoms with Crippen LogP contribution in [0, 0.1) is 5.82 Å². The van der Waals surface area contributed by atoms with E-state index in [4.69, 9.17) is 4.74 Å². The van der Waals surface area contributed by atoms with Crippen LogP contribution in [0.4, 0.5) is 4.39 Å². The Balaban J connectivity index is 1.49. The summed E-state index contributed by atoms with van der Waals surface area (Å²) >= 11 is 1.67. The normalized spacial score (nSPS) is 12.3. The minimum Gasteiger partial charge on any atom is -0.494 e. The number of benzene rings is 2. The highest BCUT2D eigenvalue weighted by molar-refractivity contribution is 7.09. The van der Waals surface area contributed by atoms with Crippen molar-refractivity contribution in [2.24, 2.45) is 0 Å². The van der Waals surface area contributed by atoms with Crippen LogP contribution in [0.5, 0.6) is 5.75 Å². The van der Waals surface area contributed by atoms with Gasteiger partial charge in [0.15, 0.2) is 5.82 Å². The number of nitrogens with zero attached hydrogens (tertiary/aromatic N) is 5. The second kappa shape index (κ2) is 11.7. The Morgan fingerprint density at radius 2 is 1.95 bits per heavy atom. The molecule has 0 saturated carbocycles. The number of hydrogen-bond donors (Lipinski definition) is 1. The highest BCUT2D eigenvalue weighted by Crippen LogP contribution is 2.28. The molecule has 38 heavy (non-hydrogen) atoms. The van der Waals surface area contributed by atoms with Gasteiger partial charge < -0.3 is 9.72 Å². The van der Waals surface area contributed by atoms with Crippen molar-refractivity contribution < 1.29 is 9.13 Å². The van der Waals surface area contributed by atoms with E-state index in [0.29, 0.717) is 37.6 Å². The van der Waals surface area contributed by atoms with Crippen molar-refractivity contribution in [2.45, 2.75) is 45.9 Å². The minimum absolute atomic E-state index is 0.126. The summed E-state index contributed by atoms with van der Waals surface area (Å²) < 4.78 is 20.8. The second-order valence-electron chi connectivity index (χ2n) is 9.04. The summed E-state index contributed by atoms with van der Waals surface area (Å²) in [7, 11) is 0. The van der Waals surface area contributed by atoms with Gasteiger partial charge in [-0.1, -0.05) is 25.1 Å². The fourth-order valence-corrected chi connectivity index (χ4v) is 5.36. The molecule has 3 aromatic heterocycles. The van der Waals surface area contributed by atoms with Crippen molar-refractivity contribution in [3.8, 4) is 5.75 Å². The van der Waals surface area contributed by atoms with Crippen LogP contribution >= 0.6 is 11.3 Å². The van der Waals surface area contributed by atoms with Crippen LogP contribution in [0.2, 0.25) is 0 Å². The lowest BCUT2D eigenvalue weighted by Crippen LogP contribution is -2.32. The van der Waals surface area contributed by atoms with Gasteiger partial charge in [0.2, 0.25) is 0 Å². The Bertz CT molecular complexity index is 1550. The Morgan fingerprint density at radius 1 is 1.11 bits per heavy atom. The molecular weight excluding hydrogens is 503 g/mol. The molecule has 0 aliphatic heterocycles. The predicted molar refractivity (Wildman–Crippen MR) is 146 cm³/mol. The third-order valence-corrected chi connectivity index (χ3v) is 7.31. The molecule has 5 aromatic rings. The molecule has 1 N–H and O–H groups in total. The van der Waals surface area contributed by atoms with Gasteiger partial charge in [-0.05, 0) is 77.2 Å². The van der Waals surface area contributed by atoms with E-state index in [1.165, 1.54) is 17.0 Å². The van der Waals surface area contributed by atoms with Crippen molar-refractivity contribution in [1.82, 2.24) is 30.1 Å². The van der Waals surface area contributed by atoms with Crippen LogP contribution in [-0.2, 0) is 19.6 Å². The first-order chi connectivity index (χ1) is 18.5. The zero-order chi connectivity index (χ0) is 26.5. The monoisotopic (exact) mass is 532 g/mol. The van der Waals surface area contributed by atoms with E-state index in [1.807, 2.05) is 42.6 Å². The number of fused-ring (bicyclic) bond motifs is 1. The van der Waals surface area contributed by atoms with Crippen molar-refractivity contribution in [2.75, 3.05) is 6.61 Å². The number of tetrazole rings is 1. The Hall–Kier alpha value is -3.89. The first kappa shape index (κ1) is 25.7. The number of nitrogens with one attached hydrogen (secondary N) is 1. The highest BCUT2D eigenvalue weighted by Gasteiger charge is 2.26. The Kier molecular flexibility index (Phi) is 7.90. The van der Waals surface area contributed by atoms with E-state index in [1.54, 1.807) is 28.2 Å². The number of ether oxygens (including phenoxy) is 1. The van der Waals surface area contributed by atoms with E-state index in [0.717, 1.165) is 28.6 Å². The van der Waals surface area contributed by atoms with Gasteiger partial charge in [0.1, 0.15) is 11.6 Å². The van der Waals surface area contributed by atoms with Crippen LogP contribution in [0.25, 0.3) is 10.9 Å². The third kappa shape index (κ3) is 5.81. The van der Waals surface area contributed by atoms with Crippen LogP contribution in [-0.4, -0.2) is 36.7 Å². The minimum atomic E-state index is -0.284. The molecule has 0 unspecified atom stereocenters. The quantitative estimate of drug-likeness (QED) is 0.248. The van der Waals surface area contributed by atoms with E-state index in [2.05, 4.69) is 38.4 Å². The molecule has 5 rings (SSSR count). The van der Waals surface area contributed by atoms with E-state index in [-0.39, 0.29) is 17.4 Å². The largest absolute Gasteiger partial charge is 0.494 e. The maximum absolute atomic E-state index is 13.4. The van der Waals surface area contributed by atoms with Crippen LogP contribution in [0.3, 0.4) is 0 Å². The number of halogens is 1. The number of pyridine rings is 1. The Morgan fingerprint density at radius 3 is 2.68 bits per heavy atom. The number of aromatic nitrogens is 5. The lowest BCUT2D eigenvalue weighted by Gasteiger charge is -2.30. The third-order valence-electron chi connectivity index (χ3n) is 6.45. The second-order valence-corrected chi connectivity index (χ2v) is 10.1. The molecule has 0 saturated heterocycles. The number of H-pyrrole nitrogens is 1. The first-order valence-electron chi connectivity index (χ1n) is 12.6. The molecule has 0 radical (unpaired) electrons. The summed E-state index contributed by atoms with van der Waals surface area (Å²) in [5.74, 6) is 1.18. The van der Waals surface area contributed by atoms with Gasteiger partial charge >= 0.3 is 0 Å². The standard InChI is InChI=1S/C28H29FN6O2S/c1-3-26(27-31-32-33-35(27)16-19-7-9-22(29)10-8-19)34(18-24-6-5-13-38-24)17-21-14-20-15-23(37-4-2)11-12-25(20)30-28(21)36/h5-15,26H,3-4,16-18H2,1-2H3,(H,30,36)/t26-/m0/s1. The van der Waals surface area contributed by atoms with Gasteiger partial charge in [-0.25, -0.2) is 9.07 Å². The van der Waals surface area contributed by atoms with E-state index in [9.17, 15) is 9.18 Å². The fourth-order valence-electron chi connectivity index (χ4n) is 4.63. The summed E-state index contributed by atoms with van der Waals surface area (Å²) in [6, 6.07) is 17.9. The lowest BCUT2D eigenvalue weighted by atomic mass is 10.1. The highest BCUT2D eigenvalue weighted by atomic mass is 32.1. The zero-order valence-corrected chi connectivity index (χ0v) is 22.1. The van der Waals surface area contributed by atoms with Crippen molar-refractivity contribution in [3.05, 3.63) is 104 Å². The molecular formula is C28H29FN6O2S. The zero-order valence-electron chi connectivity index (χ0n) is 21.3. The maximum Gasteiger partial charge on any atom is 0.252 e. The van der Waals surface area contributed by atoms with Crippen LogP contribution in [0.1, 0.15) is 48.1 Å². The molecule has 3 heterocycles. The molecule has 1 atom stereocenters. The average molecular weight is 533 g/mol. The molecule has 8 nitrogen and oxygen atoms in total. The molecule has 0 spiro atoms. The number of hydrogen-bond acceptors (Lipinski definition) is 7. The van der Waals surface area contributed by atoms with Gasteiger partial charge in [0.05, 0.1) is 19.2 Å². The molecule has 0 aliphatic rings. The number of rotatable bonds is 11. The van der Waals surface area contributed by atoms with Gasteiger partial charge in [-0.2, -0.15) is 0 Å². The van der Waals surface area contributed by atoms with Crippen molar-refractivity contribution in [3.63, 3.8) is 0 Å². The molecule has 2 aromatic carbocycles. The van der Waals surface area contributed by atoms with Crippen molar-refractivity contribution >= 4 is 22.2 Å². The summed E-state index contributed by atoms with van der Waals surface area (Å²) in [5.41, 5.74) is 2.19. The smallest absolute Gasteiger partial charge is 0.252 e. The fraction of sp³-hybridized carbons (Fsp3) is 0.286. The van der Waals surface area contributed by atoms with E-state index < -0.39 is 0 Å². The summed E-state index contributed by atoms with van der Waals surface area (Å²) in [4.78, 5) is 19.6. The van der Waals surface area contributed by atoms with Gasteiger partial charge in [-0.15, -0.1) is 16.4 Å². The molecule has 196 valence electrons. The molecule has 0 amide bonds. The van der Waals surface area contributed by atoms with Crippen molar-refractivity contribution in [1.29, 1.82) is 0 Å². The molecule has 0 aliphatic carbocycles. The lowest BCUT2D eigenvalue weighted by molar-refractivity contribution is 0.163. The SMILES string of the molecule is CCOc1ccc2[nH]c(=O)c(CN(Cc3cccs3)[C@@H](CC)c3nnnn3Cc3ccc(F)cc3)cc2c1. The van der Waals surface area contributed by atoms with E-state index >= 15 is 0 Å². The molecule has 0 fully saturated rings. The number of thiophene rings is 1. The predicted octanol–water partition coefficient (Wildman–Crippen LogP) is 5.32. The number of aromatic amines is 1. The summed E-state index contributed by atoms with van der Waals surface area (Å²) in [5, 5.41) is 15.5. The molecule has 10 heteroatoms. The van der Waals surface area contributed by atoms with Gasteiger partial charge in [0.25, 0.3) is 5.56 Å². The maximum atomic E-state index is 13.4. The first-order valence-corrected chi connectivity index (χ1v) is 13.5. The Labute approximate surface area is 223 Å². The van der Waals surface area contributed by atoms with Gasteiger partial charge in [-0.3, -0.25) is 9.69 Å². The molecule has 0 bridgehead atoms. The summed E-state index contributed by atoms with van der Waals surface area (Å²) in [6.45, 7) is 6.06. The topological polar surface area (TPSA) is 88.9 Å².